The van der Waals surface area contributed by atoms with Crippen LogP contribution in [0.2, 0.25) is 0 Å². The van der Waals surface area contributed by atoms with Crippen LogP contribution in [0.25, 0.3) is 21.3 Å². The number of hydrogen-bond donors (Lipinski definition) is 1. The smallest absolute Gasteiger partial charge is 0.263 e. The van der Waals surface area contributed by atoms with Crippen molar-refractivity contribution in [3.8, 4) is 11.1 Å². The first kappa shape index (κ1) is 21.1. The van der Waals surface area contributed by atoms with Gasteiger partial charge in [-0.05, 0) is 31.0 Å². The van der Waals surface area contributed by atoms with Crippen molar-refractivity contribution in [2.75, 3.05) is 16.8 Å². The van der Waals surface area contributed by atoms with Crippen LogP contribution in [0.15, 0.2) is 65.0 Å². The van der Waals surface area contributed by atoms with Crippen molar-refractivity contribution in [2.45, 2.75) is 26.3 Å². The summed E-state index contributed by atoms with van der Waals surface area (Å²) in [6, 6.07) is 15.2. The van der Waals surface area contributed by atoms with E-state index in [1.807, 2.05) is 48.7 Å². The van der Waals surface area contributed by atoms with Gasteiger partial charge in [-0.3, -0.25) is 19.0 Å². The zero-order chi connectivity index (χ0) is 22.9. The highest BCUT2D eigenvalue weighted by Gasteiger charge is 2.24. The van der Waals surface area contributed by atoms with Crippen molar-refractivity contribution in [1.29, 1.82) is 0 Å². The second-order valence-corrected chi connectivity index (χ2v) is 8.95. The quantitative estimate of drug-likeness (QED) is 0.486. The number of aromatic nitrogens is 2. The zero-order valence-corrected chi connectivity index (χ0v) is 18.9. The minimum atomic E-state index is -0.357. The number of benzene rings is 2. The summed E-state index contributed by atoms with van der Waals surface area (Å²) in [5.74, 6) is -0.312. The molecule has 1 N–H and O–H groups in total. The summed E-state index contributed by atoms with van der Waals surface area (Å²) in [7, 11) is 0. The van der Waals surface area contributed by atoms with Crippen LogP contribution in [0.1, 0.15) is 18.4 Å². The van der Waals surface area contributed by atoms with E-state index in [4.69, 9.17) is 0 Å². The Balaban J connectivity index is 1.42. The summed E-state index contributed by atoms with van der Waals surface area (Å²) in [5, 5.41) is 5.30. The Bertz CT molecular complexity index is 1420. The number of para-hydroxylation sites is 2. The highest BCUT2D eigenvalue weighted by atomic mass is 32.1. The first-order valence-corrected chi connectivity index (χ1v) is 11.6. The summed E-state index contributed by atoms with van der Waals surface area (Å²) in [5.41, 5.74) is 3.87. The number of thiophene rings is 1. The molecule has 2 aromatic carbocycles. The molecule has 1 aliphatic rings. The first-order valence-electron chi connectivity index (χ1n) is 10.7. The van der Waals surface area contributed by atoms with E-state index in [2.05, 4.69) is 10.3 Å². The van der Waals surface area contributed by atoms with Crippen molar-refractivity contribution in [2.24, 2.45) is 0 Å². The normalized spacial score (nSPS) is 13.6. The highest BCUT2D eigenvalue weighted by Crippen LogP contribution is 2.31. The number of nitrogens with zero attached hydrogens (tertiary/aromatic N) is 3. The fraction of sp³-hybridized carbons (Fsp3) is 0.200. The molecule has 7 nitrogen and oxygen atoms in total. The summed E-state index contributed by atoms with van der Waals surface area (Å²) < 4.78 is 1.33. The van der Waals surface area contributed by atoms with E-state index in [-0.39, 0.29) is 23.9 Å². The maximum absolute atomic E-state index is 13.3. The lowest BCUT2D eigenvalue weighted by atomic mass is 10.1. The van der Waals surface area contributed by atoms with Crippen LogP contribution in [-0.2, 0) is 16.1 Å². The van der Waals surface area contributed by atoms with Crippen molar-refractivity contribution >= 4 is 44.7 Å². The standard InChI is InChI=1S/C25H22N4O3S/c1-16-8-10-17(11-9-16)18-14-33-24-23(18)25(32)28(15-26-24)13-21(30)27-19-5-2-3-6-20(19)29-12-4-7-22(29)31/h2-3,5-6,8-11,14-15H,4,7,12-13H2,1H3,(H,27,30). The molecular formula is C25H22N4O3S. The fourth-order valence-corrected chi connectivity index (χ4v) is 4.99. The number of anilines is 2. The van der Waals surface area contributed by atoms with Gasteiger partial charge in [0.25, 0.3) is 5.56 Å². The maximum atomic E-state index is 13.3. The van der Waals surface area contributed by atoms with Gasteiger partial charge in [-0.15, -0.1) is 11.3 Å². The van der Waals surface area contributed by atoms with Gasteiger partial charge in [0, 0.05) is 23.9 Å². The Labute approximate surface area is 194 Å². The number of aryl methyl sites for hydroxylation is 1. The van der Waals surface area contributed by atoms with Gasteiger partial charge in [0.15, 0.2) is 0 Å². The molecule has 0 bridgehead atoms. The van der Waals surface area contributed by atoms with E-state index >= 15 is 0 Å². The molecule has 0 aliphatic carbocycles. The minimum absolute atomic E-state index is 0.0451. The monoisotopic (exact) mass is 458 g/mol. The van der Waals surface area contributed by atoms with E-state index in [1.54, 1.807) is 17.0 Å². The van der Waals surface area contributed by atoms with Gasteiger partial charge in [0.1, 0.15) is 11.4 Å². The molecule has 0 atom stereocenters. The molecule has 2 amide bonds. The lowest BCUT2D eigenvalue weighted by Gasteiger charge is -2.20. The van der Waals surface area contributed by atoms with Crippen LogP contribution in [0.3, 0.4) is 0 Å². The van der Waals surface area contributed by atoms with Crippen LogP contribution in [0, 0.1) is 6.92 Å². The number of carbonyl (C=O) groups excluding carboxylic acids is 2. The summed E-state index contributed by atoms with van der Waals surface area (Å²) in [6.45, 7) is 2.47. The van der Waals surface area contributed by atoms with Gasteiger partial charge < -0.3 is 10.2 Å². The molecule has 0 saturated carbocycles. The van der Waals surface area contributed by atoms with Gasteiger partial charge in [-0.25, -0.2) is 4.98 Å². The molecule has 3 heterocycles. The summed E-state index contributed by atoms with van der Waals surface area (Å²) >= 11 is 1.41. The molecule has 1 aliphatic heterocycles. The number of fused-ring (bicyclic) bond motifs is 1. The molecule has 8 heteroatoms. The first-order chi connectivity index (χ1) is 16.0. The molecule has 0 radical (unpaired) electrons. The molecule has 1 fully saturated rings. The van der Waals surface area contributed by atoms with E-state index in [0.717, 1.165) is 23.1 Å². The van der Waals surface area contributed by atoms with Gasteiger partial charge in [-0.1, -0.05) is 42.0 Å². The Kier molecular flexibility index (Phi) is 5.51. The number of rotatable bonds is 5. The maximum Gasteiger partial charge on any atom is 0.263 e. The third-order valence-corrected chi connectivity index (χ3v) is 6.67. The highest BCUT2D eigenvalue weighted by molar-refractivity contribution is 7.17. The van der Waals surface area contributed by atoms with Crippen LogP contribution in [0.4, 0.5) is 11.4 Å². The lowest BCUT2D eigenvalue weighted by Crippen LogP contribution is -2.29. The third kappa shape index (κ3) is 4.05. The predicted molar refractivity (Wildman–Crippen MR) is 131 cm³/mol. The van der Waals surface area contributed by atoms with Crippen LogP contribution in [-0.4, -0.2) is 27.9 Å². The number of hydrogen-bond acceptors (Lipinski definition) is 5. The Hall–Kier alpha value is -3.78. The molecular weight excluding hydrogens is 436 g/mol. The Morgan fingerprint density at radius 2 is 1.91 bits per heavy atom. The molecule has 166 valence electrons. The number of amides is 2. The van der Waals surface area contributed by atoms with Gasteiger partial charge >= 0.3 is 0 Å². The van der Waals surface area contributed by atoms with Gasteiger partial charge in [0.05, 0.1) is 23.1 Å². The average Bonchev–Trinajstić information content (AvgIpc) is 3.43. The largest absolute Gasteiger partial charge is 0.323 e. The topological polar surface area (TPSA) is 84.3 Å². The van der Waals surface area contributed by atoms with Crippen LogP contribution < -0.4 is 15.8 Å². The SMILES string of the molecule is Cc1ccc(-c2csc3ncn(CC(=O)Nc4ccccc4N4CCCC4=O)c(=O)c23)cc1. The van der Waals surface area contributed by atoms with Crippen molar-refractivity contribution in [3.05, 3.63) is 76.2 Å². The number of carbonyl (C=O) groups is 2. The van der Waals surface area contributed by atoms with Crippen molar-refractivity contribution < 1.29 is 9.59 Å². The summed E-state index contributed by atoms with van der Waals surface area (Å²) in [4.78, 5) is 45.0. The second-order valence-electron chi connectivity index (χ2n) is 8.09. The third-order valence-electron chi connectivity index (χ3n) is 5.78. The van der Waals surface area contributed by atoms with Crippen molar-refractivity contribution in [3.63, 3.8) is 0 Å². The molecule has 2 aromatic heterocycles. The Morgan fingerprint density at radius 3 is 2.67 bits per heavy atom. The van der Waals surface area contributed by atoms with Gasteiger partial charge in [-0.2, -0.15) is 0 Å². The van der Waals surface area contributed by atoms with E-state index in [1.165, 1.54) is 22.2 Å². The molecule has 0 spiro atoms. The van der Waals surface area contributed by atoms with Gasteiger partial charge in [0.2, 0.25) is 11.8 Å². The lowest BCUT2D eigenvalue weighted by molar-refractivity contribution is -0.117. The average molecular weight is 459 g/mol. The van der Waals surface area contributed by atoms with Crippen LogP contribution >= 0.6 is 11.3 Å². The molecule has 4 aromatic rings. The number of nitrogens with one attached hydrogen (secondary N) is 1. The minimum Gasteiger partial charge on any atom is -0.323 e. The molecule has 5 rings (SSSR count). The van der Waals surface area contributed by atoms with Crippen molar-refractivity contribution in [1.82, 2.24) is 9.55 Å². The van der Waals surface area contributed by atoms with Crippen LogP contribution in [0.5, 0.6) is 0 Å². The molecule has 0 unspecified atom stereocenters. The van der Waals surface area contributed by atoms with E-state index in [0.29, 0.717) is 34.6 Å². The molecule has 33 heavy (non-hydrogen) atoms. The molecule has 1 saturated heterocycles. The zero-order valence-electron chi connectivity index (χ0n) is 18.1. The fourth-order valence-electron chi connectivity index (χ4n) is 4.09. The second kappa shape index (κ2) is 8.63. The summed E-state index contributed by atoms with van der Waals surface area (Å²) in [6.07, 6.45) is 2.72. The predicted octanol–water partition coefficient (Wildman–Crippen LogP) is 4.20. The van der Waals surface area contributed by atoms with E-state index < -0.39 is 0 Å². The van der Waals surface area contributed by atoms with E-state index in [9.17, 15) is 14.4 Å². The Morgan fingerprint density at radius 1 is 1.12 bits per heavy atom.